The highest BCUT2D eigenvalue weighted by molar-refractivity contribution is 6.05. The van der Waals surface area contributed by atoms with Gasteiger partial charge in [-0.25, -0.2) is 9.78 Å². The molecule has 0 atom stereocenters. The van der Waals surface area contributed by atoms with E-state index in [9.17, 15) is 14.4 Å². The lowest BCUT2D eigenvalue weighted by Gasteiger charge is -2.22. The van der Waals surface area contributed by atoms with Gasteiger partial charge in [0.15, 0.2) is 5.69 Å². The van der Waals surface area contributed by atoms with Crippen LogP contribution in [0.5, 0.6) is 0 Å². The second-order valence-electron chi connectivity index (χ2n) is 6.16. The van der Waals surface area contributed by atoms with E-state index in [0.29, 0.717) is 5.69 Å². The third-order valence-electron chi connectivity index (χ3n) is 4.23. The summed E-state index contributed by atoms with van der Waals surface area (Å²) in [5.41, 5.74) is 6.25. The number of rotatable bonds is 5. The van der Waals surface area contributed by atoms with Crippen molar-refractivity contribution in [1.29, 1.82) is 0 Å². The summed E-state index contributed by atoms with van der Waals surface area (Å²) in [5.74, 6) is -0.620. The van der Waals surface area contributed by atoms with Gasteiger partial charge < -0.3 is 5.73 Å². The zero-order chi connectivity index (χ0) is 20.3. The van der Waals surface area contributed by atoms with Gasteiger partial charge in [0.25, 0.3) is 11.5 Å². The average Bonchev–Trinajstić information content (AvgIpc) is 2.69. The molecule has 0 saturated heterocycles. The fourth-order valence-electron chi connectivity index (χ4n) is 2.81. The number of nitrogens with one attached hydrogen (secondary N) is 1. The number of amides is 1. The number of nitrogens with two attached hydrogens (primary N) is 1. The van der Waals surface area contributed by atoms with Gasteiger partial charge in [-0.15, -0.1) is 0 Å². The van der Waals surface area contributed by atoms with Crippen molar-refractivity contribution < 1.29 is 4.79 Å². The van der Waals surface area contributed by atoms with Gasteiger partial charge in [0.1, 0.15) is 11.5 Å². The predicted molar refractivity (Wildman–Crippen MR) is 105 cm³/mol. The number of benzene rings is 1. The van der Waals surface area contributed by atoms with Gasteiger partial charge in [0.05, 0.1) is 18.4 Å². The van der Waals surface area contributed by atoms with E-state index in [1.54, 1.807) is 13.8 Å². The van der Waals surface area contributed by atoms with Crippen LogP contribution in [0.2, 0.25) is 0 Å². The van der Waals surface area contributed by atoms with Gasteiger partial charge in [-0.1, -0.05) is 30.3 Å². The van der Waals surface area contributed by atoms with Gasteiger partial charge in [0, 0.05) is 12.7 Å². The van der Waals surface area contributed by atoms with Crippen molar-refractivity contribution in [2.45, 2.75) is 20.4 Å². The summed E-state index contributed by atoms with van der Waals surface area (Å²) < 4.78 is 1.23. The zero-order valence-corrected chi connectivity index (χ0v) is 15.5. The van der Waals surface area contributed by atoms with E-state index in [0.717, 1.165) is 5.56 Å². The molecule has 9 nitrogen and oxygen atoms in total. The molecule has 3 aromatic rings. The van der Waals surface area contributed by atoms with Crippen LogP contribution in [-0.4, -0.2) is 32.0 Å². The highest BCUT2D eigenvalue weighted by atomic mass is 16.2. The number of carbonyl (C=O) groups is 1. The number of hydrogen-bond donors (Lipinski definition) is 2. The smallest absolute Gasteiger partial charge is 0.330 e. The zero-order valence-electron chi connectivity index (χ0n) is 15.5. The second-order valence-corrected chi connectivity index (χ2v) is 6.16. The maximum atomic E-state index is 12.9. The Morgan fingerprint density at radius 2 is 1.89 bits per heavy atom. The summed E-state index contributed by atoms with van der Waals surface area (Å²) in [6.07, 6.45) is 2.80. The van der Waals surface area contributed by atoms with Gasteiger partial charge in [-0.05, 0) is 19.4 Å². The molecule has 1 aromatic carbocycles. The number of aryl methyl sites for hydroxylation is 1. The van der Waals surface area contributed by atoms with Crippen molar-refractivity contribution in [3.8, 4) is 0 Å². The second kappa shape index (κ2) is 7.87. The standard InChI is InChI=1S/C19H20N6O3/c1-3-24(18(27)14-10-21-12(2)9-22-14)15-16(20)25(19(28)23-17(15)26)11-13-7-5-4-6-8-13/h4-10H,3,11,20H2,1-2H3,(H,23,26,28). The molecule has 0 aliphatic rings. The summed E-state index contributed by atoms with van der Waals surface area (Å²) in [5, 5.41) is 0. The molecule has 9 heteroatoms. The average molecular weight is 380 g/mol. The van der Waals surface area contributed by atoms with Gasteiger partial charge in [-0.2, -0.15) is 0 Å². The number of hydrogen-bond acceptors (Lipinski definition) is 6. The van der Waals surface area contributed by atoms with Crippen LogP contribution >= 0.6 is 0 Å². The van der Waals surface area contributed by atoms with Crippen molar-refractivity contribution in [3.05, 3.63) is 80.5 Å². The van der Waals surface area contributed by atoms with E-state index in [1.807, 2.05) is 30.3 Å². The predicted octanol–water partition coefficient (Wildman–Crippen LogP) is 0.932. The summed E-state index contributed by atoms with van der Waals surface area (Å²) >= 11 is 0. The minimum atomic E-state index is -0.734. The molecule has 144 valence electrons. The van der Waals surface area contributed by atoms with Gasteiger partial charge >= 0.3 is 5.69 Å². The first-order chi connectivity index (χ1) is 13.4. The maximum absolute atomic E-state index is 12.9. The molecule has 0 fully saturated rings. The minimum Gasteiger partial charge on any atom is -0.383 e. The highest BCUT2D eigenvalue weighted by Gasteiger charge is 2.25. The first kappa shape index (κ1) is 19.0. The van der Waals surface area contributed by atoms with Crippen molar-refractivity contribution in [2.75, 3.05) is 17.2 Å². The maximum Gasteiger partial charge on any atom is 0.330 e. The lowest BCUT2D eigenvalue weighted by atomic mass is 10.2. The number of nitrogens with zero attached hydrogens (tertiary/aromatic N) is 4. The molecule has 0 unspecified atom stereocenters. The van der Waals surface area contributed by atoms with Crippen LogP contribution in [0.1, 0.15) is 28.7 Å². The number of aromatic amines is 1. The first-order valence-electron chi connectivity index (χ1n) is 8.69. The molecule has 2 aromatic heterocycles. The highest BCUT2D eigenvalue weighted by Crippen LogP contribution is 2.19. The fourth-order valence-corrected chi connectivity index (χ4v) is 2.81. The van der Waals surface area contributed by atoms with Crippen LogP contribution in [0, 0.1) is 6.92 Å². The van der Waals surface area contributed by atoms with Crippen molar-refractivity contribution in [3.63, 3.8) is 0 Å². The normalized spacial score (nSPS) is 10.6. The monoisotopic (exact) mass is 380 g/mol. The first-order valence-corrected chi connectivity index (χ1v) is 8.69. The lowest BCUT2D eigenvalue weighted by Crippen LogP contribution is -2.41. The number of aromatic nitrogens is 4. The van der Waals surface area contributed by atoms with Crippen molar-refractivity contribution >= 4 is 17.4 Å². The SMILES string of the molecule is CCN(C(=O)c1cnc(C)cn1)c1c(N)n(Cc2ccccc2)c(=O)[nH]c1=O. The molecule has 0 bridgehead atoms. The number of anilines is 2. The van der Waals surface area contributed by atoms with Gasteiger partial charge in [-0.3, -0.25) is 29.0 Å². The summed E-state index contributed by atoms with van der Waals surface area (Å²) in [6, 6.07) is 9.19. The Bertz CT molecular complexity index is 1100. The molecular formula is C19H20N6O3. The van der Waals surface area contributed by atoms with E-state index >= 15 is 0 Å². The van der Waals surface area contributed by atoms with E-state index in [2.05, 4.69) is 15.0 Å². The van der Waals surface area contributed by atoms with Gasteiger partial charge in [0.2, 0.25) is 0 Å². The van der Waals surface area contributed by atoms with E-state index in [4.69, 9.17) is 5.73 Å². The van der Waals surface area contributed by atoms with Crippen LogP contribution in [0.3, 0.4) is 0 Å². The molecule has 3 N–H and O–H groups in total. The quantitative estimate of drug-likeness (QED) is 0.678. The molecular weight excluding hydrogens is 360 g/mol. The van der Waals surface area contributed by atoms with Crippen LogP contribution in [-0.2, 0) is 6.54 Å². The van der Waals surface area contributed by atoms with E-state index in [1.165, 1.54) is 21.9 Å². The molecule has 28 heavy (non-hydrogen) atoms. The Hall–Kier alpha value is -3.75. The molecule has 1 amide bonds. The van der Waals surface area contributed by atoms with Crippen molar-refractivity contribution in [2.24, 2.45) is 0 Å². The van der Waals surface area contributed by atoms with Crippen LogP contribution in [0.4, 0.5) is 11.5 Å². The number of H-pyrrole nitrogens is 1. The van der Waals surface area contributed by atoms with E-state index in [-0.39, 0.29) is 30.3 Å². The van der Waals surface area contributed by atoms with Crippen LogP contribution in [0.15, 0.2) is 52.3 Å². The lowest BCUT2D eigenvalue weighted by molar-refractivity contribution is 0.0982. The third kappa shape index (κ3) is 3.68. The molecule has 0 aliphatic heterocycles. The Morgan fingerprint density at radius 1 is 1.18 bits per heavy atom. The molecule has 2 heterocycles. The number of nitrogen functional groups attached to an aromatic ring is 1. The topological polar surface area (TPSA) is 127 Å². The third-order valence-corrected chi connectivity index (χ3v) is 4.23. The Balaban J connectivity index is 2.07. The summed E-state index contributed by atoms with van der Waals surface area (Å²) in [7, 11) is 0. The largest absolute Gasteiger partial charge is 0.383 e. The van der Waals surface area contributed by atoms with Crippen molar-refractivity contribution in [1.82, 2.24) is 19.5 Å². The summed E-state index contributed by atoms with van der Waals surface area (Å²) in [4.78, 5) is 49.2. The molecule has 0 radical (unpaired) electrons. The minimum absolute atomic E-state index is 0.0760. The Morgan fingerprint density at radius 3 is 2.50 bits per heavy atom. The Kier molecular flexibility index (Phi) is 5.35. The van der Waals surface area contributed by atoms with Crippen LogP contribution < -0.4 is 21.9 Å². The molecule has 3 rings (SSSR count). The Labute approximate surface area is 160 Å². The van der Waals surface area contributed by atoms with E-state index < -0.39 is 17.2 Å². The van der Waals surface area contributed by atoms with Crippen LogP contribution in [0.25, 0.3) is 0 Å². The molecule has 0 aliphatic carbocycles. The molecule has 0 spiro atoms. The molecule has 0 saturated carbocycles. The fraction of sp³-hybridized carbons (Fsp3) is 0.211. The summed E-state index contributed by atoms with van der Waals surface area (Å²) in [6.45, 7) is 3.77. The number of carbonyl (C=O) groups excluding carboxylic acids is 1.